The fraction of sp³-hybridized carbons (Fsp3) is 1.00. The monoisotopic (exact) mass is 298 g/mol. The third kappa shape index (κ3) is 16.2. The van der Waals surface area contributed by atoms with Crippen LogP contribution >= 0.6 is 0 Å². The highest BCUT2D eigenvalue weighted by atomic mass is 16.3. The molecule has 0 aromatic heterocycles. The van der Waals surface area contributed by atoms with Gasteiger partial charge in [-0.25, -0.2) is 0 Å². The summed E-state index contributed by atoms with van der Waals surface area (Å²) in [6.45, 7) is 4.90. The van der Waals surface area contributed by atoms with Gasteiger partial charge in [-0.2, -0.15) is 0 Å². The summed E-state index contributed by atoms with van der Waals surface area (Å²) in [5.41, 5.74) is 0. The first kappa shape index (κ1) is 21.0. The number of rotatable bonds is 17. The Labute approximate surface area is 134 Å². The third-order valence-electron chi connectivity index (χ3n) is 4.67. The number of hydrogen-bond acceptors (Lipinski definition) is 1. The molecule has 0 aliphatic rings. The summed E-state index contributed by atoms with van der Waals surface area (Å²) in [6.07, 6.45) is 22.1. The molecule has 0 aromatic rings. The molecule has 0 rings (SSSR count). The van der Waals surface area contributed by atoms with Crippen LogP contribution in [0.3, 0.4) is 0 Å². The zero-order valence-electron chi connectivity index (χ0n) is 15.0. The zero-order valence-corrected chi connectivity index (χ0v) is 15.0. The molecule has 0 aromatic carbocycles. The molecule has 0 fully saturated rings. The van der Waals surface area contributed by atoms with E-state index in [0.29, 0.717) is 12.5 Å². The number of unbranched alkanes of at least 4 members (excludes halogenated alkanes) is 12. The Hall–Kier alpha value is -0.0400. The van der Waals surface area contributed by atoms with Crippen molar-refractivity contribution in [1.29, 1.82) is 0 Å². The average molecular weight is 299 g/mol. The molecule has 1 unspecified atom stereocenters. The van der Waals surface area contributed by atoms with Gasteiger partial charge < -0.3 is 5.11 Å². The maximum Gasteiger partial charge on any atom is 0.0459 e. The average Bonchev–Trinajstić information content (AvgIpc) is 2.50. The predicted molar refractivity (Wildman–Crippen MR) is 95.8 cm³/mol. The highest BCUT2D eigenvalue weighted by Crippen LogP contribution is 2.17. The molecule has 1 nitrogen and oxygen atoms in total. The van der Waals surface area contributed by atoms with Gasteiger partial charge in [-0.3, -0.25) is 0 Å². The van der Waals surface area contributed by atoms with Gasteiger partial charge in [0, 0.05) is 6.61 Å². The largest absolute Gasteiger partial charge is 0.396 e. The van der Waals surface area contributed by atoms with Crippen LogP contribution in [-0.4, -0.2) is 11.7 Å². The first-order chi connectivity index (χ1) is 10.3. The van der Waals surface area contributed by atoms with Crippen LogP contribution in [0, 0.1) is 5.92 Å². The summed E-state index contributed by atoms with van der Waals surface area (Å²) in [4.78, 5) is 0. The molecule has 0 aliphatic heterocycles. The van der Waals surface area contributed by atoms with Crippen LogP contribution in [0.2, 0.25) is 0 Å². The lowest BCUT2D eigenvalue weighted by atomic mass is 9.96. The van der Waals surface area contributed by atoms with E-state index in [2.05, 4.69) is 13.8 Å². The SMILES string of the molecule is CCCCCCCCCCCCCCCC(CO)CCC. The molecule has 0 heterocycles. The van der Waals surface area contributed by atoms with Crippen molar-refractivity contribution in [1.82, 2.24) is 0 Å². The molecule has 0 radical (unpaired) electrons. The molecule has 1 atom stereocenters. The Bertz CT molecular complexity index is 179. The number of aliphatic hydroxyl groups excluding tert-OH is 1. The van der Waals surface area contributed by atoms with Gasteiger partial charge in [0.15, 0.2) is 0 Å². The molecule has 0 aliphatic carbocycles. The van der Waals surface area contributed by atoms with Gasteiger partial charge in [-0.15, -0.1) is 0 Å². The van der Waals surface area contributed by atoms with E-state index in [-0.39, 0.29) is 0 Å². The topological polar surface area (TPSA) is 20.2 Å². The minimum Gasteiger partial charge on any atom is -0.396 e. The molecule has 1 heteroatoms. The highest BCUT2D eigenvalue weighted by molar-refractivity contribution is 4.57. The fourth-order valence-corrected chi connectivity index (χ4v) is 3.19. The smallest absolute Gasteiger partial charge is 0.0459 e. The molecule has 128 valence electrons. The lowest BCUT2D eigenvalue weighted by molar-refractivity contribution is 0.206. The van der Waals surface area contributed by atoms with Crippen molar-refractivity contribution in [3.05, 3.63) is 0 Å². The quantitative estimate of drug-likeness (QED) is 0.290. The predicted octanol–water partition coefficient (Wildman–Crippen LogP) is 6.88. The van der Waals surface area contributed by atoms with Gasteiger partial charge in [0.1, 0.15) is 0 Å². The van der Waals surface area contributed by atoms with Gasteiger partial charge in [-0.05, 0) is 18.8 Å². The second-order valence-electron chi connectivity index (χ2n) is 6.87. The summed E-state index contributed by atoms with van der Waals surface area (Å²) < 4.78 is 0. The second kappa shape index (κ2) is 18.0. The van der Waals surface area contributed by atoms with Crippen molar-refractivity contribution < 1.29 is 5.11 Å². The van der Waals surface area contributed by atoms with E-state index in [1.54, 1.807) is 0 Å². The Kier molecular flexibility index (Phi) is 18.0. The molecule has 0 spiro atoms. The van der Waals surface area contributed by atoms with Crippen LogP contribution < -0.4 is 0 Å². The molecule has 0 saturated heterocycles. The second-order valence-corrected chi connectivity index (χ2v) is 6.87. The van der Waals surface area contributed by atoms with Gasteiger partial charge in [0.2, 0.25) is 0 Å². The van der Waals surface area contributed by atoms with Crippen LogP contribution in [0.4, 0.5) is 0 Å². The van der Waals surface area contributed by atoms with E-state index in [0.717, 1.165) is 0 Å². The van der Waals surface area contributed by atoms with E-state index in [9.17, 15) is 5.11 Å². The lowest BCUT2D eigenvalue weighted by Crippen LogP contribution is -2.05. The Balaban J connectivity index is 3.08. The van der Waals surface area contributed by atoms with Crippen LogP contribution in [0.25, 0.3) is 0 Å². The van der Waals surface area contributed by atoms with Crippen molar-refractivity contribution >= 4 is 0 Å². The van der Waals surface area contributed by atoms with Crippen LogP contribution in [-0.2, 0) is 0 Å². The molecule has 21 heavy (non-hydrogen) atoms. The summed E-state index contributed by atoms with van der Waals surface area (Å²) in [5, 5.41) is 9.25. The van der Waals surface area contributed by atoms with Crippen molar-refractivity contribution in [2.24, 2.45) is 5.92 Å². The van der Waals surface area contributed by atoms with Crippen LogP contribution in [0.15, 0.2) is 0 Å². The Morgan fingerprint density at radius 1 is 0.524 bits per heavy atom. The maximum atomic E-state index is 9.25. The van der Waals surface area contributed by atoms with E-state index in [1.165, 1.54) is 103 Å². The molecule has 0 saturated carbocycles. The van der Waals surface area contributed by atoms with E-state index in [1.807, 2.05) is 0 Å². The Morgan fingerprint density at radius 2 is 0.952 bits per heavy atom. The maximum absolute atomic E-state index is 9.25. The van der Waals surface area contributed by atoms with Gasteiger partial charge >= 0.3 is 0 Å². The molecule has 0 bridgehead atoms. The first-order valence-corrected chi connectivity index (χ1v) is 9.96. The molecule has 1 N–H and O–H groups in total. The fourth-order valence-electron chi connectivity index (χ4n) is 3.19. The minimum absolute atomic E-state index is 0.395. The molecular formula is C20H42O. The van der Waals surface area contributed by atoms with Gasteiger partial charge in [0.05, 0.1) is 0 Å². The van der Waals surface area contributed by atoms with Crippen LogP contribution in [0.5, 0.6) is 0 Å². The van der Waals surface area contributed by atoms with Gasteiger partial charge in [-0.1, -0.05) is 104 Å². The summed E-state index contributed by atoms with van der Waals surface area (Å²) >= 11 is 0. The molecule has 0 amide bonds. The number of hydrogen-bond donors (Lipinski definition) is 1. The standard InChI is InChI=1S/C20H42O/c1-3-5-6-7-8-9-10-11-12-13-14-15-16-18-20(19-21)17-4-2/h20-21H,3-19H2,1-2H3. The van der Waals surface area contributed by atoms with E-state index < -0.39 is 0 Å². The zero-order chi connectivity index (χ0) is 15.6. The van der Waals surface area contributed by atoms with Crippen LogP contribution in [0.1, 0.15) is 117 Å². The van der Waals surface area contributed by atoms with Crippen molar-refractivity contribution in [3.8, 4) is 0 Å². The lowest BCUT2D eigenvalue weighted by Gasteiger charge is -2.12. The third-order valence-corrected chi connectivity index (χ3v) is 4.67. The minimum atomic E-state index is 0.395. The first-order valence-electron chi connectivity index (χ1n) is 9.96. The van der Waals surface area contributed by atoms with Crippen molar-refractivity contribution in [2.45, 2.75) is 117 Å². The normalized spacial score (nSPS) is 12.7. The summed E-state index contributed by atoms with van der Waals surface area (Å²) in [7, 11) is 0. The Morgan fingerprint density at radius 3 is 1.33 bits per heavy atom. The highest BCUT2D eigenvalue weighted by Gasteiger charge is 2.05. The summed E-state index contributed by atoms with van der Waals surface area (Å²) in [5.74, 6) is 0.572. The van der Waals surface area contributed by atoms with Crippen molar-refractivity contribution in [3.63, 3.8) is 0 Å². The molecular weight excluding hydrogens is 256 g/mol. The van der Waals surface area contributed by atoms with E-state index >= 15 is 0 Å². The number of aliphatic hydroxyl groups is 1. The van der Waals surface area contributed by atoms with E-state index in [4.69, 9.17) is 0 Å². The summed E-state index contributed by atoms with van der Waals surface area (Å²) in [6, 6.07) is 0. The van der Waals surface area contributed by atoms with Crippen molar-refractivity contribution in [2.75, 3.05) is 6.61 Å². The van der Waals surface area contributed by atoms with Gasteiger partial charge in [0.25, 0.3) is 0 Å².